The summed E-state index contributed by atoms with van der Waals surface area (Å²) < 4.78 is 60.8. The summed E-state index contributed by atoms with van der Waals surface area (Å²) in [7, 11) is 0. The van der Waals surface area contributed by atoms with Crippen molar-refractivity contribution in [2.24, 2.45) is 0 Å². The Morgan fingerprint density at radius 1 is 1.33 bits per heavy atom. The highest BCUT2D eigenvalue weighted by molar-refractivity contribution is 14.1. The van der Waals surface area contributed by atoms with Crippen LogP contribution in [0.5, 0.6) is 0 Å². The van der Waals surface area contributed by atoms with E-state index < -0.39 is 23.9 Å². The van der Waals surface area contributed by atoms with Gasteiger partial charge in [0.15, 0.2) is 5.69 Å². The lowest BCUT2D eigenvalue weighted by Gasteiger charge is -2.11. The van der Waals surface area contributed by atoms with Gasteiger partial charge in [0.2, 0.25) is 0 Å². The molecule has 0 aliphatic carbocycles. The highest BCUT2D eigenvalue weighted by Gasteiger charge is 2.36. The molecule has 0 bridgehead atoms. The number of pyridine rings is 1. The molecule has 0 saturated heterocycles. The van der Waals surface area contributed by atoms with Crippen LogP contribution in [0.15, 0.2) is 10.7 Å². The van der Waals surface area contributed by atoms with E-state index in [4.69, 9.17) is 0 Å². The zero-order valence-electron chi connectivity index (χ0n) is 6.75. The molecule has 0 atom stereocenters. The van der Waals surface area contributed by atoms with Gasteiger partial charge < -0.3 is 0 Å². The van der Waals surface area contributed by atoms with Crippen LogP contribution in [-0.2, 0) is 6.18 Å². The van der Waals surface area contributed by atoms with Crippen LogP contribution in [0.2, 0.25) is 0 Å². The molecule has 0 radical (unpaired) electrons. The molecule has 0 saturated carbocycles. The molecule has 0 aromatic carbocycles. The molecule has 0 unspecified atom stereocenters. The maximum atomic E-state index is 12.3. The summed E-state index contributed by atoms with van der Waals surface area (Å²) in [4.78, 5) is 2.99. The van der Waals surface area contributed by atoms with Crippen molar-refractivity contribution in [1.29, 1.82) is 0 Å². The molecule has 0 aliphatic heterocycles. The highest BCUT2D eigenvalue weighted by atomic mass is 127. The molecule has 1 heterocycles. The van der Waals surface area contributed by atoms with Crippen LogP contribution in [0.1, 0.15) is 17.7 Å². The lowest BCUT2D eigenvalue weighted by Crippen LogP contribution is -2.12. The summed E-state index contributed by atoms with van der Waals surface area (Å²) in [6, 6.07) is 0. The van der Waals surface area contributed by atoms with Crippen molar-refractivity contribution in [2.75, 3.05) is 0 Å². The lowest BCUT2D eigenvalue weighted by molar-refractivity contribution is -0.142. The Bertz CT molecular complexity index is 378. The number of hydrogen-bond donors (Lipinski definition) is 0. The molecule has 1 nitrogen and oxygen atoms in total. The minimum absolute atomic E-state index is 0.263. The van der Waals surface area contributed by atoms with Crippen molar-refractivity contribution in [2.45, 2.75) is 12.6 Å². The van der Waals surface area contributed by atoms with Gasteiger partial charge in [-0.15, -0.1) is 0 Å². The van der Waals surface area contributed by atoms with E-state index in [1.165, 1.54) is 22.6 Å². The van der Waals surface area contributed by atoms with Crippen molar-refractivity contribution in [3.05, 3.63) is 25.5 Å². The fraction of sp³-hybridized carbons (Fsp3) is 0.286. The molecule has 15 heavy (non-hydrogen) atoms. The van der Waals surface area contributed by atoms with E-state index in [1.54, 1.807) is 0 Å². The maximum Gasteiger partial charge on any atom is 0.434 e. The summed E-state index contributed by atoms with van der Waals surface area (Å²) in [6.07, 6.45) is -6.97. The molecule has 8 heteroatoms. The fourth-order valence-corrected chi connectivity index (χ4v) is 2.05. The van der Waals surface area contributed by atoms with Gasteiger partial charge in [0.1, 0.15) is 0 Å². The first kappa shape index (κ1) is 13.1. The summed E-state index contributed by atoms with van der Waals surface area (Å²) in [5.74, 6) is 0. The van der Waals surface area contributed by atoms with Gasteiger partial charge in [0.25, 0.3) is 6.43 Å². The van der Waals surface area contributed by atoms with E-state index in [0.29, 0.717) is 6.20 Å². The topological polar surface area (TPSA) is 12.9 Å². The van der Waals surface area contributed by atoms with E-state index in [2.05, 4.69) is 20.9 Å². The van der Waals surface area contributed by atoms with Gasteiger partial charge in [-0.3, -0.25) is 4.98 Å². The van der Waals surface area contributed by atoms with Crippen LogP contribution >= 0.6 is 38.5 Å². The fourth-order valence-electron chi connectivity index (χ4n) is 0.828. The molecule has 0 N–H and O–H groups in total. The Morgan fingerprint density at radius 2 is 1.87 bits per heavy atom. The van der Waals surface area contributed by atoms with Gasteiger partial charge in [-0.05, 0) is 38.5 Å². The van der Waals surface area contributed by atoms with Gasteiger partial charge in [-0.25, -0.2) is 8.78 Å². The third-order valence-corrected chi connectivity index (χ3v) is 4.14. The van der Waals surface area contributed by atoms with Gasteiger partial charge in [0, 0.05) is 10.7 Å². The zero-order valence-corrected chi connectivity index (χ0v) is 10.5. The molecule has 1 aromatic rings. The Hall–Kier alpha value is 0.01000. The Kier molecular flexibility index (Phi) is 3.90. The summed E-state index contributed by atoms with van der Waals surface area (Å²) >= 11 is 4.02. The molecule has 0 amide bonds. The number of rotatable bonds is 1. The van der Waals surface area contributed by atoms with E-state index in [-0.39, 0.29) is 8.04 Å². The van der Waals surface area contributed by atoms with Crippen LogP contribution in [0, 0.1) is 3.57 Å². The third kappa shape index (κ3) is 2.77. The molecular weight excluding hydrogens is 400 g/mol. The number of hydrogen-bond acceptors (Lipinski definition) is 1. The van der Waals surface area contributed by atoms with E-state index in [0.717, 1.165) is 0 Å². The van der Waals surface area contributed by atoms with Crippen molar-refractivity contribution in [1.82, 2.24) is 4.98 Å². The van der Waals surface area contributed by atoms with Crippen molar-refractivity contribution in [3.63, 3.8) is 0 Å². The zero-order chi connectivity index (χ0) is 11.8. The second-order valence-corrected chi connectivity index (χ2v) is 4.36. The molecule has 84 valence electrons. The Labute approximate surface area is 103 Å². The summed E-state index contributed by atoms with van der Waals surface area (Å²) in [5, 5.41) is 0. The first-order chi connectivity index (χ1) is 6.75. The maximum absolute atomic E-state index is 12.3. The van der Waals surface area contributed by atoms with Gasteiger partial charge in [0.05, 0.1) is 9.13 Å². The normalized spacial score (nSPS) is 12.3. The second-order valence-electron chi connectivity index (χ2n) is 2.49. The molecule has 0 fully saturated rings. The molecule has 0 aliphatic rings. The Morgan fingerprint density at radius 3 is 2.27 bits per heavy atom. The monoisotopic (exact) mass is 401 g/mol. The average molecular weight is 402 g/mol. The quantitative estimate of drug-likeness (QED) is 0.502. The summed E-state index contributed by atoms with van der Waals surface area (Å²) in [5.41, 5.74) is -1.72. The van der Waals surface area contributed by atoms with E-state index in [9.17, 15) is 22.0 Å². The predicted octanol–water partition coefficient (Wildman–Crippen LogP) is 4.41. The number of alkyl halides is 5. The predicted molar refractivity (Wildman–Crippen MR) is 54.6 cm³/mol. The van der Waals surface area contributed by atoms with E-state index in [1.807, 2.05) is 0 Å². The third-order valence-electron chi connectivity index (χ3n) is 1.49. The van der Waals surface area contributed by atoms with Crippen LogP contribution in [-0.4, -0.2) is 4.98 Å². The van der Waals surface area contributed by atoms with Crippen LogP contribution in [0.3, 0.4) is 0 Å². The highest BCUT2D eigenvalue weighted by Crippen LogP contribution is 2.38. The van der Waals surface area contributed by atoms with Crippen molar-refractivity contribution >= 4 is 38.5 Å². The molecule has 0 spiro atoms. The number of halogens is 7. The Balaban J connectivity index is 3.34. The van der Waals surface area contributed by atoms with Gasteiger partial charge in [-0.1, -0.05) is 0 Å². The smallest absolute Gasteiger partial charge is 0.250 e. The van der Waals surface area contributed by atoms with Crippen LogP contribution < -0.4 is 0 Å². The molecular formula is C7H2BrF5IN. The second kappa shape index (κ2) is 4.48. The first-order valence-corrected chi connectivity index (χ1v) is 5.31. The minimum Gasteiger partial charge on any atom is -0.250 e. The van der Waals surface area contributed by atoms with Crippen molar-refractivity contribution in [3.8, 4) is 0 Å². The molecule has 1 aromatic heterocycles. The minimum atomic E-state index is -4.64. The van der Waals surface area contributed by atoms with Crippen LogP contribution in [0.25, 0.3) is 0 Å². The van der Waals surface area contributed by atoms with Crippen LogP contribution in [0.4, 0.5) is 22.0 Å². The van der Waals surface area contributed by atoms with Gasteiger partial charge in [-0.2, -0.15) is 13.2 Å². The largest absolute Gasteiger partial charge is 0.434 e. The van der Waals surface area contributed by atoms with Gasteiger partial charge >= 0.3 is 6.18 Å². The molecule has 1 rings (SSSR count). The lowest BCUT2D eigenvalue weighted by atomic mass is 10.2. The standard InChI is InChI=1S/C7H2BrF5IN/c8-3-2(6(9)10)1-15-5(4(3)14)7(11,12)13/h1,6H. The number of nitrogens with zero attached hydrogens (tertiary/aromatic N) is 1. The average Bonchev–Trinajstić information content (AvgIpc) is 2.06. The summed E-state index contributed by atoms with van der Waals surface area (Å²) in [6.45, 7) is 0. The first-order valence-electron chi connectivity index (χ1n) is 3.44. The number of aromatic nitrogens is 1. The SMILES string of the molecule is FC(F)c1cnc(C(F)(F)F)c(I)c1Br. The van der Waals surface area contributed by atoms with E-state index >= 15 is 0 Å². The van der Waals surface area contributed by atoms with Crippen molar-refractivity contribution < 1.29 is 22.0 Å².